The first-order valence-electron chi connectivity index (χ1n) is 8.81. The van der Waals surface area contributed by atoms with Gasteiger partial charge in [0.05, 0.1) is 25.9 Å². The molecule has 3 aliphatic rings. The van der Waals surface area contributed by atoms with Crippen molar-refractivity contribution in [3.63, 3.8) is 0 Å². The Bertz CT molecular complexity index is 574. The molecular weight excluding hydrogens is 308 g/mol. The first kappa shape index (κ1) is 15.8. The molecule has 0 saturated carbocycles. The molecule has 130 valence electrons. The largest absolute Gasteiger partial charge is 0.369 e. The predicted octanol–water partition coefficient (Wildman–Crippen LogP) is 0.853. The van der Waals surface area contributed by atoms with Gasteiger partial charge in [0.25, 0.3) is 5.91 Å². The molecule has 1 spiro atoms. The Labute approximate surface area is 142 Å². The lowest BCUT2D eigenvalue weighted by Gasteiger charge is -2.48. The Morgan fingerprint density at radius 2 is 2.17 bits per heavy atom. The van der Waals surface area contributed by atoms with Gasteiger partial charge in [-0.2, -0.15) is 0 Å². The smallest absolute Gasteiger partial charge is 0.251 e. The second-order valence-corrected chi connectivity index (χ2v) is 6.88. The highest BCUT2D eigenvalue weighted by molar-refractivity contribution is 5.81. The van der Waals surface area contributed by atoms with Gasteiger partial charge >= 0.3 is 0 Å². The lowest BCUT2D eigenvalue weighted by Crippen LogP contribution is -2.61. The van der Waals surface area contributed by atoms with E-state index in [9.17, 15) is 4.79 Å². The van der Waals surface area contributed by atoms with E-state index in [0.717, 1.165) is 44.6 Å². The van der Waals surface area contributed by atoms with E-state index in [4.69, 9.17) is 9.47 Å². The molecule has 0 aromatic carbocycles. The Morgan fingerprint density at radius 3 is 2.96 bits per heavy atom. The van der Waals surface area contributed by atoms with Gasteiger partial charge in [-0.15, -0.1) is 0 Å². The molecule has 3 saturated heterocycles. The Morgan fingerprint density at radius 1 is 1.21 bits per heavy atom. The number of aromatic nitrogens is 2. The van der Waals surface area contributed by atoms with Crippen LogP contribution in [0.25, 0.3) is 0 Å². The van der Waals surface area contributed by atoms with Gasteiger partial charge in [0.1, 0.15) is 17.5 Å². The van der Waals surface area contributed by atoms with Crippen LogP contribution in [0.4, 0.5) is 5.82 Å². The molecule has 0 radical (unpaired) electrons. The SMILES string of the molecule is O=C([C@H]1CCCO1)N1CCO[C@]2(CCCN(c3cnccn3)C2)C1. The monoisotopic (exact) mass is 332 g/mol. The summed E-state index contributed by atoms with van der Waals surface area (Å²) in [4.78, 5) is 25.4. The number of morpholine rings is 1. The van der Waals surface area contributed by atoms with E-state index in [1.165, 1.54) is 0 Å². The average Bonchev–Trinajstić information content (AvgIpc) is 3.17. The summed E-state index contributed by atoms with van der Waals surface area (Å²) in [6.45, 7) is 4.29. The average molecular weight is 332 g/mol. The molecule has 4 rings (SSSR count). The molecule has 1 amide bonds. The summed E-state index contributed by atoms with van der Waals surface area (Å²) in [6, 6.07) is 0. The van der Waals surface area contributed by atoms with Crippen LogP contribution in [0.2, 0.25) is 0 Å². The van der Waals surface area contributed by atoms with Crippen LogP contribution in [0.5, 0.6) is 0 Å². The third-order valence-electron chi connectivity index (χ3n) is 5.18. The predicted molar refractivity (Wildman–Crippen MR) is 87.7 cm³/mol. The number of ether oxygens (including phenoxy) is 2. The first-order valence-corrected chi connectivity index (χ1v) is 8.81. The van der Waals surface area contributed by atoms with E-state index in [0.29, 0.717) is 26.3 Å². The minimum absolute atomic E-state index is 0.131. The Kier molecular flexibility index (Phi) is 4.37. The maximum Gasteiger partial charge on any atom is 0.251 e. The fourth-order valence-corrected chi connectivity index (χ4v) is 4.00. The summed E-state index contributed by atoms with van der Waals surface area (Å²) in [5, 5.41) is 0. The van der Waals surface area contributed by atoms with Crippen LogP contribution < -0.4 is 4.90 Å². The van der Waals surface area contributed by atoms with E-state index in [1.54, 1.807) is 18.6 Å². The van der Waals surface area contributed by atoms with Crippen LogP contribution >= 0.6 is 0 Å². The van der Waals surface area contributed by atoms with Crippen molar-refractivity contribution in [2.45, 2.75) is 37.4 Å². The van der Waals surface area contributed by atoms with Gasteiger partial charge in [-0.25, -0.2) is 4.98 Å². The number of amides is 1. The van der Waals surface area contributed by atoms with Crippen molar-refractivity contribution in [3.05, 3.63) is 18.6 Å². The van der Waals surface area contributed by atoms with Crippen LogP contribution in [0.1, 0.15) is 25.7 Å². The first-order chi connectivity index (χ1) is 11.8. The molecule has 0 unspecified atom stereocenters. The van der Waals surface area contributed by atoms with Gasteiger partial charge in [-0.1, -0.05) is 0 Å². The summed E-state index contributed by atoms with van der Waals surface area (Å²) in [7, 11) is 0. The molecule has 2 atom stereocenters. The van der Waals surface area contributed by atoms with Crippen LogP contribution in [0, 0.1) is 0 Å². The molecule has 7 nitrogen and oxygen atoms in total. The molecule has 0 N–H and O–H groups in total. The standard InChI is InChI=1S/C17H24N4O3/c22-16(14-3-1-9-23-14)21-8-10-24-17(13-21)4-2-7-20(12-17)15-11-18-5-6-19-15/h5-6,11,14H,1-4,7-10,12-13H2/t14-,17+/m1/s1. The zero-order chi connectivity index (χ0) is 16.4. The molecule has 7 heteroatoms. The van der Waals surface area contributed by atoms with E-state index >= 15 is 0 Å². The third-order valence-corrected chi connectivity index (χ3v) is 5.18. The van der Waals surface area contributed by atoms with E-state index < -0.39 is 0 Å². The molecule has 1 aromatic heterocycles. The summed E-state index contributed by atoms with van der Waals surface area (Å²) < 4.78 is 11.8. The van der Waals surface area contributed by atoms with Gasteiger partial charge in [0.15, 0.2) is 0 Å². The number of hydrogen-bond acceptors (Lipinski definition) is 6. The number of hydrogen-bond donors (Lipinski definition) is 0. The molecule has 24 heavy (non-hydrogen) atoms. The fraction of sp³-hybridized carbons (Fsp3) is 0.706. The van der Waals surface area contributed by atoms with Gasteiger partial charge in [0.2, 0.25) is 0 Å². The Balaban J connectivity index is 1.46. The van der Waals surface area contributed by atoms with Crippen LogP contribution in [-0.2, 0) is 14.3 Å². The quantitative estimate of drug-likeness (QED) is 0.800. The number of rotatable bonds is 2. The lowest BCUT2D eigenvalue weighted by molar-refractivity contribution is -0.160. The molecule has 1 aromatic rings. The summed E-state index contributed by atoms with van der Waals surface area (Å²) in [5.74, 6) is 1.01. The van der Waals surface area contributed by atoms with Crippen molar-refractivity contribution in [3.8, 4) is 0 Å². The second kappa shape index (κ2) is 6.64. The molecule has 0 aliphatic carbocycles. The van der Waals surface area contributed by atoms with Crippen LogP contribution in [-0.4, -0.2) is 71.9 Å². The number of carbonyl (C=O) groups excluding carboxylic acids is 1. The van der Waals surface area contributed by atoms with Crippen molar-refractivity contribution in [1.29, 1.82) is 0 Å². The zero-order valence-electron chi connectivity index (χ0n) is 13.9. The van der Waals surface area contributed by atoms with E-state index in [-0.39, 0.29) is 17.6 Å². The highest BCUT2D eigenvalue weighted by Gasteiger charge is 2.43. The van der Waals surface area contributed by atoms with Crippen molar-refractivity contribution >= 4 is 11.7 Å². The minimum Gasteiger partial charge on any atom is -0.369 e. The molecule has 0 bridgehead atoms. The number of anilines is 1. The van der Waals surface area contributed by atoms with Gasteiger partial charge in [-0.05, 0) is 25.7 Å². The zero-order valence-corrected chi connectivity index (χ0v) is 13.9. The molecule has 3 fully saturated rings. The maximum atomic E-state index is 12.7. The molecular formula is C17H24N4O3. The highest BCUT2D eigenvalue weighted by atomic mass is 16.5. The number of nitrogens with zero attached hydrogens (tertiary/aromatic N) is 4. The summed E-state index contributed by atoms with van der Waals surface area (Å²) in [5.41, 5.74) is -0.303. The topological polar surface area (TPSA) is 67.8 Å². The van der Waals surface area contributed by atoms with Crippen LogP contribution in [0.3, 0.4) is 0 Å². The van der Waals surface area contributed by atoms with Gasteiger partial charge in [-0.3, -0.25) is 9.78 Å². The summed E-state index contributed by atoms with van der Waals surface area (Å²) >= 11 is 0. The molecule has 3 aliphatic heterocycles. The maximum absolute atomic E-state index is 12.7. The normalized spacial score (nSPS) is 30.8. The van der Waals surface area contributed by atoms with Crippen molar-refractivity contribution in [2.24, 2.45) is 0 Å². The second-order valence-electron chi connectivity index (χ2n) is 6.88. The number of piperidine rings is 1. The highest BCUT2D eigenvalue weighted by Crippen LogP contribution is 2.31. The van der Waals surface area contributed by atoms with Gasteiger partial charge in [0, 0.05) is 32.1 Å². The molecule has 4 heterocycles. The van der Waals surface area contributed by atoms with E-state index in [2.05, 4.69) is 14.9 Å². The van der Waals surface area contributed by atoms with Crippen LogP contribution in [0.15, 0.2) is 18.6 Å². The summed E-state index contributed by atoms with van der Waals surface area (Å²) in [6.07, 6.45) is 8.75. The Hall–Kier alpha value is -1.73. The lowest BCUT2D eigenvalue weighted by atomic mass is 9.90. The minimum atomic E-state index is -0.303. The number of carbonyl (C=O) groups is 1. The van der Waals surface area contributed by atoms with Crippen molar-refractivity contribution in [1.82, 2.24) is 14.9 Å². The fourth-order valence-electron chi connectivity index (χ4n) is 4.00. The van der Waals surface area contributed by atoms with E-state index in [1.807, 2.05) is 4.90 Å². The van der Waals surface area contributed by atoms with Gasteiger partial charge < -0.3 is 19.3 Å². The third kappa shape index (κ3) is 3.10. The van der Waals surface area contributed by atoms with Crippen molar-refractivity contribution in [2.75, 3.05) is 44.3 Å². The van der Waals surface area contributed by atoms with Crippen molar-refractivity contribution < 1.29 is 14.3 Å².